The molecule has 20 heteroatoms. The molecule has 4 amide bonds. The van der Waals surface area contributed by atoms with Crippen molar-refractivity contribution in [2.24, 2.45) is 20.5 Å². The number of hydrogen-bond acceptors (Lipinski definition) is 12. The molecule has 0 aliphatic carbocycles. The third-order valence-corrected chi connectivity index (χ3v) is 10.3. The van der Waals surface area contributed by atoms with Crippen LogP contribution >= 0.6 is 46.4 Å². The fourth-order valence-corrected chi connectivity index (χ4v) is 6.39. The number of ether oxygens (including phenoxy) is 2. The Kier molecular flexibility index (Phi) is 17.0. The van der Waals surface area contributed by atoms with Crippen LogP contribution in [0.3, 0.4) is 0 Å². The molecule has 0 bridgehead atoms. The topological polar surface area (TPSA) is 218 Å². The number of benzene rings is 5. The largest absolute Gasteiger partial charge is 0.494 e. The van der Waals surface area contributed by atoms with E-state index in [2.05, 4.69) is 41.7 Å². The van der Waals surface area contributed by atoms with Crippen LogP contribution in [0.2, 0.25) is 10.0 Å². The first-order valence-corrected chi connectivity index (χ1v) is 20.7. The van der Waals surface area contributed by atoms with Gasteiger partial charge in [0.2, 0.25) is 12.1 Å². The predicted molar refractivity (Wildman–Crippen MR) is 246 cm³/mol. The SMILES string of the molecule is COc1cc(NC(=O)C(N=Nc2ccc(Cl)c(C(=O)Nc3ccc(CCl)cc3)c2)C(C)=O)c(OC)cc1NC(=O)C(N=Nc1ccc(Cl)c(C(=O)Nc2ccc(CCl)cc2)c1)C(C)=O. The van der Waals surface area contributed by atoms with E-state index in [1.807, 2.05) is 0 Å². The second-order valence-corrected chi connectivity index (χ2v) is 14.9. The quantitative estimate of drug-likeness (QED) is 0.0375. The lowest BCUT2D eigenvalue weighted by molar-refractivity contribution is -0.127. The molecule has 5 aromatic rings. The molecular formula is C44H38Cl4N8O8. The van der Waals surface area contributed by atoms with Crippen LogP contribution in [-0.2, 0) is 30.9 Å². The van der Waals surface area contributed by atoms with E-state index in [9.17, 15) is 28.8 Å². The van der Waals surface area contributed by atoms with Gasteiger partial charge < -0.3 is 30.7 Å². The van der Waals surface area contributed by atoms with E-state index in [4.69, 9.17) is 55.9 Å². The normalized spacial score (nSPS) is 12.0. The van der Waals surface area contributed by atoms with Crippen LogP contribution in [0, 0.1) is 0 Å². The zero-order chi connectivity index (χ0) is 46.5. The number of ketones is 2. The summed E-state index contributed by atoms with van der Waals surface area (Å²) in [5, 5.41) is 26.9. The molecule has 330 valence electrons. The first-order valence-electron chi connectivity index (χ1n) is 18.9. The van der Waals surface area contributed by atoms with Crippen LogP contribution in [0.1, 0.15) is 45.7 Å². The number of alkyl halides is 2. The highest BCUT2D eigenvalue weighted by atomic mass is 35.5. The molecule has 0 spiro atoms. The molecule has 0 radical (unpaired) electrons. The Hall–Kier alpha value is -6.72. The lowest BCUT2D eigenvalue weighted by atomic mass is 10.1. The van der Waals surface area contributed by atoms with Gasteiger partial charge in [0.25, 0.3) is 23.6 Å². The number of azo groups is 2. The molecule has 0 aromatic heterocycles. The smallest absolute Gasteiger partial charge is 0.258 e. The monoisotopic (exact) mass is 946 g/mol. The van der Waals surface area contributed by atoms with E-state index < -0.39 is 47.3 Å². The van der Waals surface area contributed by atoms with Crippen molar-refractivity contribution in [2.45, 2.75) is 37.7 Å². The van der Waals surface area contributed by atoms with E-state index >= 15 is 0 Å². The minimum atomic E-state index is -1.65. The fourth-order valence-electron chi connectivity index (χ4n) is 5.63. The van der Waals surface area contributed by atoms with Crippen molar-refractivity contribution in [3.63, 3.8) is 0 Å². The minimum absolute atomic E-state index is 0.0114. The number of hydrogen-bond donors (Lipinski definition) is 4. The molecule has 0 saturated carbocycles. The fraction of sp³-hybridized carbons (Fsp3) is 0.182. The molecule has 5 rings (SSSR count). The zero-order valence-corrected chi connectivity index (χ0v) is 37.4. The Morgan fingerprint density at radius 1 is 0.531 bits per heavy atom. The van der Waals surface area contributed by atoms with Crippen LogP contribution in [0.4, 0.5) is 34.1 Å². The van der Waals surface area contributed by atoms with Crippen molar-refractivity contribution >= 4 is 116 Å². The molecule has 0 fully saturated rings. The van der Waals surface area contributed by atoms with E-state index in [1.54, 1.807) is 48.5 Å². The van der Waals surface area contributed by atoms with Gasteiger partial charge in [-0.2, -0.15) is 20.5 Å². The average molecular weight is 949 g/mol. The summed E-state index contributed by atoms with van der Waals surface area (Å²) in [6.45, 7) is 2.29. The third-order valence-electron chi connectivity index (χ3n) is 9.00. The van der Waals surface area contributed by atoms with Crippen molar-refractivity contribution in [1.82, 2.24) is 0 Å². The number of anilines is 4. The van der Waals surface area contributed by atoms with E-state index in [0.717, 1.165) is 25.0 Å². The van der Waals surface area contributed by atoms with E-state index in [1.165, 1.54) is 62.8 Å². The number of carbonyl (C=O) groups is 6. The first-order chi connectivity index (χ1) is 30.6. The maximum Gasteiger partial charge on any atom is 0.258 e. The van der Waals surface area contributed by atoms with Crippen LogP contribution in [0.25, 0.3) is 0 Å². The van der Waals surface area contributed by atoms with Gasteiger partial charge in [-0.15, -0.1) is 23.2 Å². The molecule has 2 atom stereocenters. The van der Waals surface area contributed by atoms with Gasteiger partial charge in [0, 0.05) is 35.3 Å². The summed E-state index contributed by atoms with van der Waals surface area (Å²) in [4.78, 5) is 78.3. The molecule has 0 aliphatic heterocycles. The van der Waals surface area contributed by atoms with Gasteiger partial charge in [-0.05, 0) is 85.6 Å². The number of halogens is 4. The number of methoxy groups -OCH3 is 2. The van der Waals surface area contributed by atoms with Crippen LogP contribution in [0.5, 0.6) is 11.5 Å². The summed E-state index contributed by atoms with van der Waals surface area (Å²) in [5.41, 5.74) is 3.15. The molecule has 0 saturated heterocycles. The highest BCUT2D eigenvalue weighted by Gasteiger charge is 2.28. The summed E-state index contributed by atoms with van der Waals surface area (Å²) in [7, 11) is 2.58. The lowest BCUT2D eigenvalue weighted by Crippen LogP contribution is -2.32. The molecular weight excluding hydrogens is 910 g/mol. The van der Waals surface area contributed by atoms with Gasteiger partial charge in [0.05, 0.1) is 58.1 Å². The Bertz CT molecular complexity index is 2460. The lowest BCUT2D eigenvalue weighted by Gasteiger charge is -2.18. The predicted octanol–water partition coefficient (Wildman–Crippen LogP) is 10.4. The summed E-state index contributed by atoms with van der Waals surface area (Å²) < 4.78 is 10.9. The number of carbonyl (C=O) groups excluding carboxylic acids is 6. The van der Waals surface area contributed by atoms with E-state index in [-0.39, 0.29) is 55.4 Å². The Balaban J connectivity index is 1.29. The van der Waals surface area contributed by atoms with Crippen molar-refractivity contribution in [2.75, 3.05) is 35.5 Å². The highest BCUT2D eigenvalue weighted by molar-refractivity contribution is 6.35. The van der Waals surface area contributed by atoms with Crippen molar-refractivity contribution in [1.29, 1.82) is 0 Å². The minimum Gasteiger partial charge on any atom is -0.494 e. The van der Waals surface area contributed by atoms with Gasteiger partial charge in [-0.1, -0.05) is 47.5 Å². The molecule has 4 N–H and O–H groups in total. The Morgan fingerprint density at radius 2 is 0.891 bits per heavy atom. The highest BCUT2D eigenvalue weighted by Crippen LogP contribution is 2.37. The summed E-state index contributed by atoms with van der Waals surface area (Å²) in [6.07, 6.45) is 0. The maximum atomic E-state index is 13.5. The Morgan fingerprint density at radius 3 is 1.20 bits per heavy atom. The van der Waals surface area contributed by atoms with Gasteiger partial charge in [0.1, 0.15) is 11.5 Å². The molecule has 0 heterocycles. The maximum absolute atomic E-state index is 13.5. The van der Waals surface area contributed by atoms with Crippen LogP contribution in [0.15, 0.2) is 118 Å². The zero-order valence-electron chi connectivity index (χ0n) is 34.4. The number of amides is 4. The number of Topliss-reactive ketones (excluding diaryl/α,β-unsaturated/α-hetero) is 2. The summed E-state index contributed by atoms with van der Waals surface area (Å²) in [6, 6.07) is 21.6. The molecule has 16 nitrogen and oxygen atoms in total. The summed E-state index contributed by atoms with van der Waals surface area (Å²) in [5.74, 6) is -3.56. The van der Waals surface area contributed by atoms with E-state index in [0.29, 0.717) is 23.1 Å². The van der Waals surface area contributed by atoms with Crippen molar-refractivity contribution in [3.05, 3.63) is 129 Å². The van der Waals surface area contributed by atoms with Crippen molar-refractivity contribution in [3.8, 4) is 11.5 Å². The molecule has 5 aromatic carbocycles. The van der Waals surface area contributed by atoms with Crippen LogP contribution in [-0.4, -0.2) is 61.5 Å². The molecule has 2 unspecified atom stereocenters. The average Bonchev–Trinajstić information content (AvgIpc) is 3.28. The number of rotatable bonds is 18. The Labute approximate surface area is 386 Å². The van der Waals surface area contributed by atoms with Gasteiger partial charge in [0.15, 0.2) is 11.6 Å². The summed E-state index contributed by atoms with van der Waals surface area (Å²) >= 11 is 24.3. The second-order valence-electron chi connectivity index (χ2n) is 13.6. The molecule has 0 aliphatic rings. The van der Waals surface area contributed by atoms with Gasteiger partial charge in [-0.25, -0.2) is 0 Å². The number of nitrogens with one attached hydrogen (secondary N) is 4. The van der Waals surface area contributed by atoms with Gasteiger partial charge >= 0.3 is 0 Å². The molecule has 64 heavy (non-hydrogen) atoms. The standard InChI is InChI=1S/C44H38Cl4N8O8/c1-23(57)39(55-53-29-13-15-33(47)31(17-29)41(59)49-27-9-5-25(21-45)6-10-27)43(61)51-35-19-38(64-4)36(20-37(35)63-3)52-44(62)40(24(2)58)56-54-30-14-16-34(48)32(18-30)42(60)50-28-11-7-26(22-46)8-12-28/h5-20,39-40H,21-22H2,1-4H3,(H,49,59)(H,50,60)(H,51,61)(H,52,62). The second kappa shape index (κ2) is 22.6. The third kappa shape index (κ3) is 12.7. The van der Waals surface area contributed by atoms with Crippen LogP contribution < -0.4 is 30.7 Å². The van der Waals surface area contributed by atoms with Crippen molar-refractivity contribution < 1.29 is 38.2 Å². The number of nitrogens with zero attached hydrogens (tertiary/aromatic N) is 4. The first kappa shape index (κ1) is 48.3. The van der Waals surface area contributed by atoms with Gasteiger partial charge in [-0.3, -0.25) is 28.8 Å².